The Kier molecular flexibility index (Phi) is 6.28. The van der Waals surface area contributed by atoms with Crippen LogP contribution >= 0.6 is 0 Å². The third kappa shape index (κ3) is 6.75. The molecule has 0 bridgehead atoms. The SMILES string of the molecule is CC(C)(C)OC(=O)NCc1ccc(N)c(OCCc2ccccc2)c1. The lowest BCUT2D eigenvalue weighted by Gasteiger charge is -2.19. The Morgan fingerprint density at radius 2 is 1.80 bits per heavy atom. The fraction of sp³-hybridized carbons (Fsp3) is 0.350. The fourth-order valence-corrected chi connectivity index (χ4v) is 2.23. The van der Waals surface area contributed by atoms with Gasteiger partial charge in [0.1, 0.15) is 11.4 Å². The second kappa shape index (κ2) is 8.42. The maximum Gasteiger partial charge on any atom is 0.407 e. The van der Waals surface area contributed by atoms with Gasteiger partial charge in [0.2, 0.25) is 0 Å². The molecule has 0 saturated carbocycles. The molecule has 0 spiro atoms. The van der Waals surface area contributed by atoms with E-state index in [-0.39, 0.29) is 0 Å². The van der Waals surface area contributed by atoms with Crippen molar-refractivity contribution in [2.45, 2.75) is 39.3 Å². The number of carbonyl (C=O) groups is 1. The number of nitrogens with two attached hydrogens (primary N) is 1. The number of ether oxygens (including phenoxy) is 2. The van der Waals surface area contributed by atoms with Crippen molar-refractivity contribution in [3.05, 3.63) is 59.7 Å². The lowest BCUT2D eigenvalue weighted by atomic mass is 10.1. The summed E-state index contributed by atoms with van der Waals surface area (Å²) < 4.78 is 11.0. The first-order valence-electron chi connectivity index (χ1n) is 8.35. The van der Waals surface area contributed by atoms with Crippen molar-refractivity contribution in [1.82, 2.24) is 5.32 Å². The van der Waals surface area contributed by atoms with Crippen molar-refractivity contribution in [2.75, 3.05) is 12.3 Å². The van der Waals surface area contributed by atoms with Crippen LogP contribution in [0.15, 0.2) is 48.5 Å². The van der Waals surface area contributed by atoms with E-state index in [9.17, 15) is 4.79 Å². The van der Waals surface area contributed by atoms with Crippen LogP contribution in [-0.2, 0) is 17.7 Å². The topological polar surface area (TPSA) is 73.6 Å². The van der Waals surface area contributed by atoms with Gasteiger partial charge in [-0.15, -0.1) is 0 Å². The third-order valence-electron chi connectivity index (χ3n) is 3.40. The second-order valence-corrected chi connectivity index (χ2v) is 6.81. The number of amides is 1. The van der Waals surface area contributed by atoms with E-state index >= 15 is 0 Å². The average molecular weight is 342 g/mol. The van der Waals surface area contributed by atoms with Crippen molar-refractivity contribution in [3.8, 4) is 5.75 Å². The number of alkyl carbamates (subject to hydrolysis) is 1. The van der Waals surface area contributed by atoms with Crippen LogP contribution < -0.4 is 15.8 Å². The summed E-state index contributed by atoms with van der Waals surface area (Å²) in [7, 11) is 0. The number of hydrogen-bond acceptors (Lipinski definition) is 4. The van der Waals surface area contributed by atoms with Crippen molar-refractivity contribution in [3.63, 3.8) is 0 Å². The summed E-state index contributed by atoms with van der Waals surface area (Å²) in [6.07, 6.45) is 0.358. The standard InChI is InChI=1S/C20H26N2O3/c1-20(2,3)25-19(23)22-14-16-9-10-17(21)18(13-16)24-12-11-15-7-5-4-6-8-15/h4-10,13H,11-12,14,21H2,1-3H3,(H,22,23). The summed E-state index contributed by atoms with van der Waals surface area (Å²) in [5.74, 6) is 0.624. The highest BCUT2D eigenvalue weighted by Crippen LogP contribution is 2.23. The summed E-state index contributed by atoms with van der Waals surface area (Å²) in [6, 6.07) is 15.6. The van der Waals surface area contributed by atoms with Gasteiger partial charge < -0.3 is 20.5 Å². The maximum atomic E-state index is 11.7. The molecule has 0 aliphatic rings. The normalized spacial score (nSPS) is 11.0. The molecule has 2 aromatic rings. The Balaban J connectivity index is 1.87. The Morgan fingerprint density at radius 1 is 1.08 bits per heavy atom. The Hall–Kier alpha value is -2.69. The minimum Gasteiger partial charge on any atom is -0.491 e. The van der Waals surface area contributed by atoms with Gasteiger partial charge in [0, 0.05) is 13.0 Å². The summed E-state index contributed by atoms with van der Waals surface area (Å²) in [5, 5.41) is 2.73. The van der Waals surface area contributed by atoms with Crippen molar-refractivity contribution >= 4 is 11.8 Å². The number of benzene rings is 2. The zero-order chi connectivity index (χ0) is 18.3. The molecule has 0 fully saturated rings. The van der Waals surface area contributed by atoms with E-state index in [0.29, 0.717) is 24.6 Å². The molecule has 0 unspecified atom stereocenters. The van der Waals surface area contributed by atoms with Crippen LogP contribution in [0.4, 0.5) is 10.5 Å². The number of nitrogens with one attached hydrogen (secondary N) is 1. The molecular formula is C20H26N2O3. The second-order valence-electron chi connectivity index (χ2n) is 6.81. The number of hydrogen-bond donors (Lipinski definition) is 2. The van der Waals surface area contributed by atoms with Gasteiger partial charge in [0.25, 0.3) is 0 Å². The number of anilines is 1. The van der Waals surface area contributed by atoms with Gasteiger partial charge in [-0.05, 0) is 44.0 Å². The van der Waals surface area contributed by atoms with E-state index in [4.69, 9.17) is 15.2 Å². The van der Waals surface area contributed by atoms with Crippen LogP contribution in [0.1, 0.15) is 31.9 Å². The maximum absolute atomic E-state index is 11.7. The molecule has 0 radical (unpaired) electrons. The molecule has 134 valence electrons. The first kappa shape index (κ1) is 18.6. The minimum absolute atomic E-state index is 0.351. The highest BCUT2D eigenvalue weighted by molar-refractivity contribution is 5.67. The van der Waals surface area contributed by atoms with E-state index in [1.807, 2.05) is 51.1 Å². The predicted molar refractivity (Wildman–Crippen MR) is 99.6 cm³/mol. The molecule has 0 aliphatic heterocycles. The number of nitrogen functional groups attached to an aromatic ring is 1. The lowest BCUT2D eigenvalue weighted by Crippen LogP contribution is -2.32. The Bertz CT molecular complexity index is 694. The van der Waals surface area contributed by atoms with Crippen LogP contribution in [0.3, 0.4) is 0 Å². The lowest BCUT2D eigenvalue weighted by molar-refractivity contribution is 0.0523. The molecule has 1 amide bonds. The zero-order valence-electron chi connectivity index (χ0n) is 15.0. The quantitative estimate of drug-likeness (QED) is 0.781. The van der Waals surface area contributed by atoms with E-state index in [2.05, 4.69) is 17.4 Å². The molecule has 0 atom stereocenters. The van der Waals surface area contributed by atoms with E-state index < -0.39 is 11.7 Å². The molecular weight excluding hydrogens is 316 g/mol. The smallest absolute Gasteiger partial charge is 0.407 e. The fourth-order valence-electron chi connectivity index (χ4n) is 2.23. The summed E-state index contributed by atoms with van der Waals surface area (Å²) in [6.45, 7) is 6.37. The highest BCUT2D eigenvalue weighted by Gasteiger charge is 2.15. The monoisotopic (exact) mass is 342 g/mol. The number of carbonyl (C=O) groups excluding carboxylic acids is 1. The average Bonchev–Trinajstić information content (AvgIpc) is 2.55. The van der Waals surface area contributed by atoms with Gasteiger partial charge in [0.05, 0.1) is 12.3 Å². The van der Waals surface area contributed by atoms with Gasteiger partial charge in [-0.2, -0.15) is 0 Å². The highest BCUT2D eigenvalue weighted by atomic mass is 16.6. The Labute approximate surface area is 149 Å². The zero-order valence-corrected chi connectivity index (χ0v) is 15.0. The molecule has 5 nitrogen and oxygen atoms in total. The minimum atomic E-state index is -0.517. The first-order valence-corrected chi connectivity index (χ1v) is 8.35. The molecule has 0 heterocycles. The Morgan fingerprint density at radius 3 is 2.48 bits per heavy atom. The summed E-state index contributed by atoms with van der Waals surface area (Å²) in [5.41, 5.74) is 8.14. The van der Waals surface area contributed by atoms with Gasteiger partial charge in [-0.1, -0.05) is 36.4 Å². The predicted octanol–water partition coefficient (Wildman–Crippen LogP) is 3.92. The van der Waals surface area contributed by atoms with Crippen LogP contribution in [0.25, 0.3) is 0 Å². The van der Waals surface area contributed by atoms with Gasteiger partial charge >= 0.3 is 6.09 Å². The van der Waals surface area contributed by atoms with Gasteiger partial charge in [-0.3, -0.25) is 0 Å². The van der Waals surface area contributed by atoms with Crippen molar-refractivity contribution in [1.29, 1.82) is 0 Å². The van der Waals surface area contributed by atoms with Crippen LogP contribution in [0, 0.1) is 0 Å². The van der Waals surface area contributed by atoms with Gasteiger partial charge in [0.15, 0.2) is 0 Å². The molecule has 2 rings (SSSR count). The molecule has 3 N–H and O–H groups in total. The van der Waals surface area contributed by atoms with E-state index in [1.165, 1.54) is 5.56 Å². The molecule has 0 saturated heterocycles. The third-order valence-corrected chi connectivity index (χ3v) is 3.40. The van der Waals surface area contributed by atoms with Crippen molar-refractivity contribution in [2.24, 2.45) is 0 Å². The summed E-state index contributed by atoms with van der Waals surface area (Å²) in [4.78, 5) is 11.7. The molecule has 5 heteroatoms. The molecule has 0 aliphatic carbocycles. The van der Waals surface area contributed by atoms with Crippen LogP contribution in [-0.4, -0.2) is 18.3 Å². The van der Waals surface area contributed by atoms with E-state index in [0.717, 1.165) is 12.0 Å². The van der Waals surface area contributed by atoms with Crippen molar-refractivity contribution < 1.29 is 14.3 Å². The summed E-state index contributed by atoms with van der Waals surface area (Å²) >= 11 is 0. The molecule has 25 heavy (non-hydrogen) atoms. The van der Waals surface area contributed by atoms with E-state index in [1.54, 1.807) is 6.07 Å². The largest absolute Gasteiger partial charge is 0.491 e. The first-order chi connectivity index (χ1) is 11.8. The van der Waals surface area contributed by atoms with Crippen LogP contribution in [0.2, 0.25) is 0 Å². The van der Waals surface area contributed by atoms with Crippen LogP contribution in [0.5, 0.6) is 5.75 Å². The number of rotatable bonds is 6. The molecule has 2 aromatic carbocycles. The van der Waals surface area contributed by atoms with Gasteiger partial charge in [-0.25, -0.2) is 4.79 Å². The molecule has 0 aromatic heterocycles.